The Bertz CT molecular complexity index is 773. The molecule has 5 nitrogen and oxygen atoms in total. The Labute approximate surface area is 108 Å². The van der Waals surface area contributed by atoms with Gasteiger partial charge in [-0.15, -0.1) is 11.3 Å². The highest BCUT2D eigenvalue weighted by atomic mass is 32.2. The summed E-state index contributed by atoms with van der Waals surface area (Å²) in [4.78, 5) is 16.6. The molecule has 2 aromatic rings. The van der Waals surface area contributed by atoms with Gasteiger partial charge in [-0.25, -0.2) is 13.4 Å². The molecule has 0 aliphatic carbocycles. The van der Waals surface area contributed by atoms with Gasteiger partial charge in [0, 0.05) is 0 Å². The number of hydrogen-bond donors (Lipinski definition) is 0. The second-order valence-electron chi connectivity index (χ2n) is 4.61. The third-order valence-corrected chi connectivity index (χ3v) is 6.11. The van der Waals surface area contributed by atoms with Crippen molar-refractivity contribution in [3.63, 3.8) is 0 Å². The minimum atomic E-state index is -2.99. The second kappa shape index (κ2) is 3.89. The first-order chi connectivity index (χ1) is 8.48. The molecule has 1 aliphatic heterocycles. The topological polar surface area (TPSA) is 69.0 Å². The zero-order valence-electron chi connectivity index (χ0n) is 9.79. The molecule has 1 aliphatic rings. The maximum Gasteiger partial charge on any atom is 0.271 e. The minimum absolute atomic E-state index is 0.0461. The van der Waals surface area contributed by atoms with Crippen LogP contribution in [-0.2, 0) is 9.84 Å². The zero-order chi connectivity index (χ0) is 12.9. The van der Waals surface area contributed by atoms with E-state index in [1.807, 2.05) is 12.3 Å². The molecule has 0 amide bonds. The quantitative estimate of drug-likeness (QED) is 0.787. The van der Waals surface area contributed by atoms with Crippen LogP contribution in [0.25, 0.3) is 10.2 Å². The second-order valence-corrected chi connectivity index (χ2v) is 7.72. The number of aromatic nitrogens is 2. The summed E-state index contributed by atoms with van der Waals surface area (Å²) >= 11 is 1.37. The van der Waals surface area contributed by atoms with Crippen LogP contribution in [0.3, 0.4) is 0 Å². The van der Waals surface area contributed by atoms with Crippen LogP contribution in [0.2, 0.25) is 0 Å². The molecule has 7 heteroatoms. The Kier molecular flexibility index (Phi) is 2.56. The summed E-state index contributed by atoms with van der Waals surface area (Å²) in [6.07, 6.45) is 1.98. The van der Waals surface area contributed by atoms with Gasteiger partial charge in [-0.05, 0) is 24.3 Å². The molecule has 1 atom stereocenters. The van der Waals surface area contributed by atoms with E-state index in [2.05, 4.69) is 4.98 Å². The lowest BCUT2D eigenvalue weighted by Crippen LogP contribution is -2.25. The number of aryl methyl sites for hydroxylation is 1. The van der Waals surface area contributed by atoms with Gasteiger partial charge >= 0.3 is 0 Å². The van der Waals surface area contributed by atoms with Gasteiger partial charge in [-0.2, -0.15) is 0 Å². The third kappa shape index (κ3) is 1.78. The van der Waals surface area contributed by atoms with Crippen LogP contribution in [-0.4, -0.2) is 29.5 Å². The van der Waals surface area contributed by atoms with E-state index in [0.29, 0.717) is 11.1 Å². The van der Waals surface area contributed by atoms with E-state index in [4.69, 9.17) is 0 Å². The predicted molar refractivity (Wildman–Crippen MR) is 70.9 cm³/mol. The molecule has 96 valence electrons. The van der Waals surface area contributed by atoms with Crippen molar-refractivity contribution < 1.29 is 8.42 Å². The van der Waals surface area contributed by atoms with Crippen molar-refractivity contribution in [2.24, 2.45) is 0 Å². The molecule has 1 saturated heterocycles. The lowest BCUT2D eigenvalue weighted by atomic mass is 10.2. The van der Waals surface area contributed by atoms with Crippen molar-refractivity contribution in [1.29, 1.82) is 0 Å². The van der Waals surface area contributed by atoms with E-state index < -0.39 is 9.84 Å². The molecule has 0 unspecified atom stereocenters. The van der Waals surface area contributed by atoms with Gasteiger partial charge in [0.2, 0.25) is 0 Å². The van der Waals surface area contributed by atoms with Crippen LogP contribution in [0.5, 0.6) is 0 Å². The van der Waals surface area contributed by atoms with Gasteiger partial charge in [0.15, 0.2) is 9.84 Å². The lowest BCUT2D eigenvalue weighted by Gasteiger charge is -2.11. The fraction of sp³-hybridized carbons (Fsp3) is 0.455. The monoisotopic (exact) mass is 284 g/mol. The van der Waals surface area contributed by atoms with E-state index in [-0.39, 0.29) is 23.1 Å². The molecule has 0 aromatic carbocycles. The van der Waals surface area contributed by atoms with Crippen LogP contribution in [0, 0.1) is 6.92 Å². The van der Waals surface area contributed by atoms with Crippen molar-refractivity contribution in [1.82, 2.24) is 9.55 Å². The number of nitrogens with zero attached hydrogens (tertiary/aromatic N) is 2. The molecule has 18 heavy (non-hydrogen) atoms. The number of fused-ring (bicyclic) bond motifs is 1. The summed E-state index contributed by atoms with van der Waals surface area (Å²) in [7, 11) is -2.99. The molecule has 0 radical (unpaired) electrons. The Hall–Kier alpha value is -1.21. The minimum Gasteiger partial charge on any atom is -0.294 e. The number of hydrogen-bond acceptors (Lipinski definition) is 5. The van der Waals surface area contributed by atoms with Gasteiger partial charge in [0.1, 0.15) is 4.70 Å². The molecule has 0 spiro atoms. The largest absolute Gasteiger partial charge is 0.294 e. The van der Waals surface area contributed by atoms with Crippen LogP contribution in [0.1, 0.15) is 18.0 Å². The van der Waals surface area contributed by atoms with E-state index in [0.717, 1.165) is 11.1 Å². The first-order valence-corrected chi connectivity index (χ1v) is 8.33. The Morgan fingerprint density at radius 1 is 1.50 bits per heavy atom. The smallest absolute Gasteiger partial charge is 0.271 e. The maximum absolute atomic E-state index is 12.3. The number of sulfone groups is 1. The highest BCUT2D eigenvalue weighted by Crippen LogP contribution is 2.24. The SMILES string of the molecule is Cc1csc2c(=O)n([C@@H]3CCS(=O)(=O)C3)cnc12. The van der Waals surface area contributed by atoms with Crippen molar-refractivity contribution in [3.05, 3.63) is 27.6 Å². The summed E-state index contributed by atoms with van der Waals surface area (Å²) in [6.45, 7) is 1.91. The van der Waals surface area contributed by atoms with Gasteiger partial charge in [-0.1, -0.05) is 0 Å². The molecular formula is C11H12N2O3S2. The van der Waals surface area contributed by atoms with Crippen LogP contribution < -0.4 is 5.56 Å². The summed E-state index contributed by atoms with van der Waals surface area (Å²) in [5, 5.41) is 1.90. The summed E-state index contributed by atoms with van der Waals surface area (Å²) in [5.74, 6) is 0.204. The normalized spacial score (nSPS) is 22.6. The summed E-state index contributed by atoms with van der Waals surface area (Å²) in [6, 6.07) is -0.262. The first-order valence-electron chi connectivity index (χ1n) is 5.63. The highest BCUT2D eigenvalue weighted by Gasteiger charge is 2.30. The van der Waals surface area contributed by atoms with Crippen molar-refractivity contribution in [2.45, 2.75) is 19.4 Å². The van der Waals surface area contributed by atoms with Gasteiger partial charge < -0.3 is 0 Å². The van der Waals surface area contributed by atoms with E-state index in [1.165, 1.54) is 22.2 Å². The average Bonchev–Trinajstić information content (AvgIpc) is 2.84. The number of thiophene rings is 1. The summed E-state index contributed by atoms with van der Waals surface area (Å²) < 4.78 is 25.0. The van der Waals surface area contributed by atoms with Crippen LogP contribution in [0.15, 0.2) is 16.5 Å². The fourth-order valence-electron chi connectivity index (χ4n) is 2.29. The van der Waals surface area contributed by atoms with Gasteiger partial charge in [0.05, 0.1) is 29.4 Å². The standard InChI is InChI=1S/C11H12N2O3S2/c1-7-4-17-10-9(7)12-6-13(11(10)14)8-2-3-18(15,16)5-8/h4,6,8H,2-3,5H2,1H3/t8-/m1/s1. The van der Waals surface area contributed by atoms with Crippen molar-refractivity contribution >= 4 is 31.4 Å². The maximum atomic E-state index is 12.3. The molecule has 3 rings (SSSR count). The highest BCUT2D eigenvalue weighted by molar-refractivity contribution is 7.91. The number of rotatable bonds is 1. The fourth-order valence-corrected chi connectivity index (χ4v) is 4.94. The molecule has 3 heterocycles. The van der Waals surface area contributed by atoms with E-state index >= 15 is 0 Å². The molecule has 2 aromatic heterocycles. The summed E-state index contributed by atoms with van der Waals surface area (Å²) in [5.41, 5.74) is 1.58. The Morgan fingerprint density at radius 3 is 2.94 bits per heavy atom. The molecule has 0 bridgehead atoms. The van der Waals surface area contributed by atoms with Gasteiger partial charge in [-0.3, -0.25) is 9.36 Å². The van der Waals surface area contributed by atoms with Gasteiger partial charge in [0.25, 0.3) is 5.56 Å². The van der Waals surface area contributed by atoms with Crippen molar-refractivity contribution in [2.75, 3.05) is 11.5 Å². The molecular weight excluding hydrogens is 272 g/mol. The van der Waals surface area contributed by atoms with E-state index in [1.54, 1.807) is 0 Å². The first kappa shape index (κ1) is 11.9. The predicted octanol–water partition coefficient (Wildman–Crippen LogP) is 1.13. The Morgan fingerprint density at radius 2 is 2.28 bits per heavy atom. The van der Waals surface area contributed by atoms with Crippen LogP contribution in [0.4, 0.5) is 0 Å². The Balaban J connectivity index is 2.14. The molecule has 0 N–H and O–H groups in total. The van der Waals surface area contributed by atoms with E-state index in [9.17, 15) is 13.2 Å². The van der Waals surface area contributed by atoms with Crippen LogP contribution >= 0.6 is 11.3 Å². The average molecular weight is 284 g/mol. The molecule has 1 fully saturated rings. The molecule has 0 saturated carbocycles. The lowest BCUT2D eigenvalue weighted by molar-refractivity contribution is 0.535. The zero-order valence-corrected chi connectivity index (χ0v) is 11.4. The third-order valence-electron chi connectivity index (χ3n) is 3.28. The van der Waals surface area contributed by atoms with Crippen molar-refractivity contribution in [3.8, 4) is 0 Å².